The maximum atomic E-state index is 13.7. The van der Waals surface area contributed by atoms with Crippen LogP contribution in [0.1, 0.15) is 137 Å². The van der Waals surface area contributed by atoms with Gasteiger partial charge in [-0.3, -0.25) is 19.2 Å². The highest BCUT2D eigenvalue weighted by atomic mass is 79.9. The molecule has 5 aromatic heterocycles. The molecule has 0 bridgehead atoms. The van der Waals surface area contributed by atoms with E-state index in [1.54, 1.807) is 12.1 Å². The highest BCUT2D eigenvalue weighted by molar-refractivity contribution is 9.10. The van der Waals surface area contributed by atoms with E-state index >= 15 is 0 Å². The predicted molar refractivity (Wildman–Crippen MR) is 344 cm³/mol. The number of carbonyl (C=O) groups is 5. The monoisotopic (exact) mass is 1590 g/mol. The number of amides is 2. The average molecular weight is 1590 g/mol. The first-order valence-corrected chi connectivity index (χ1v) is 30.9. The fraction of sp³-hybridized carbons (Fsp3) is 0.164. The van der Waals surface area contributed by atoms with Crippen molar-refractivity contribution in [3.8, 4) is 45.3 Å². The van der Waals surface area contributed by atoms with Crippen molar-refractivity contribution in [2.75, 3.05) is 0 Å². The zero-order valence-electron chi connectivity index (χ0n) is 55.1. The number of hydrogen-bond donors (Lipinski definition) is 3. The van der Waals surface area contributed by atoms with E-state index in [9.17, 15) is 112 Å². The summed E-state index contributed by atoms with van der Waals surface area (Å²) in [5.41, 5.74) is -5.79. The molecule has 107 heavy (non-hydrogen) atoms. The lowest BCUT2D eigenvalue weighted by atomic mass is 10.1. The fourth-order valence-electron chi connectivity index (χ4n) is 9.14. The molecule has 0 saturated carbocycles. The number of carboxylic acid groups (broad SMARTS) is 1. The van der Waals surface area contributed by atoms with Gasteiger partial charge < -0.3 is 37.8 Å². The maximum absolute atomic E-state index is 13.7. The average Bonchev–Trinajstić information content (AvgIpc) is 1.80. The molecule has 0 saturated heterocycles. The third-order valence-electron chi connectivity index (χ3n) is 14.9. The second-order valence-corrected chi connectivity index (χ2v) is 23.3. The van der Waals surface area contributed by atoms with E-state index in [4.69, 9.17) is 27.2 Å². The lowest BCUT2D eigenvalue weighted by Crippen LogP contribution is -2.26. The summed E-state index contributed by atoms with van der Waals surface area (Å²) in [7, 11) is 0. The number of furan rings is 5. The van der Waals surface area contributed by atoms with Crippen LogP contribution in [-0.2, 0) is 24.7 Å². The van der Waals surface area contributed by atoms with E-state index in [0.29, 0.717) is 59.0 Å². The van der Waals surface area contributed by atoms with Gasteiger partial charge in [0, 0.05) is 47.2 Å². The largest absolute Gasteiger partial charge is 0.475 e. The van der Waals surface area contributed by atoms with Crippen LogP contribution in [0, 0.1) is 60.4 Å². The summed E-state index contributed by atoms with van der Waals surface area (Å²) < 4.78 is 286. The van der Waals surface area contributed by atoms with E-state index in [1.165, 1.54) is 84.0 Å². The number of rotatable bonds is 13. The molecule has 0 unspecified atom stereocenters. The van der Waals surface area contributed by atoms with E-state index in [1.807, 2.05) is 0 Å². The van der Waals surface area contributed by atoms with Crippen LogP contribution in [0.2, 0.25) is 0 Å². The summed E-state index contributed by atoms with van der Waals surface area (Å²) in [4.78, 5) is 56.9. The first-order valence-electron chi connectivity index (χ1n) is 30.1. The topological polar surface area (TPSA) is 195 Å². The first kappa shape index (κ1) is 82.8. The smallest absolute Gasteiger partial charge is 0.419 e. The van der Waals surface area contributed by atoms with Crippen LogP contribution in [0.15, 0.2) is 184 Å². The molecule has 0 radical (unpaired) electrons. The number of alkyl halides is 12. The minimum atomic E-state index is -4.89. The van der Waals surface area contributed by atoms with Crippen molar-refractivity contribution >= 4 is 45.3 Å². The van der Waals surface area contributed by atoms with E-state index in [0.717, 1.165) is 54.6 Å². The molecule has 0 spiro atoms. The van der Waals surface area contributed by atoms with Crippen LogP contribution < -0.4 is 10.6 Å². The normalized spacial score (nSPS) is 12.0. The van der Waals surface area contributed by atoms with Crippen molar-refractivity contribution in [3.63, 3.8) is 0 Å². The molecule has 0 fully saturated rings. The number of nitrogens with one attached hydrogen (secondary N) is 2. The van der Waals surface area contributed by atoms with Gasteiger partial charge in [0.1, 0.15) is 69.6 Å². The molecule has 34 heteroatoms. The Bertz CT molecular complexity index is 4740. The molecule has 2 amide bonds. The van der Waals surface area contributed by atoms with Gasteiger partial charge in [0.25, 0.3) is 11.8 Å². The van der Waals surface area contributed by atoms with Gasteiger partial charge in [0.15, 0.2) is 39.3 Å². The van der Waals surface area contributed by atoms with Crippen molar-refractivity contribution in [1.82, 2.24) is 10.6 Å². The van der Waals surface area contributed by atoms with Gasteiger partial charge in [-0.25, -0.2) is 39.9 Å². The van der Waals surface area contributed by atoms with Gasteiger partial charge in [-0.1, -0.05) is 0 Å². The quantitative estimate of drug-likeness (QED) is 0.0734. The van der Waals surface area contributed by atoms with Crippen LogP contribution in [-0.4, -0.2) is 34.5 Å². The second kappa shape index (κ2) is 33.8. The highest BCUT2D eigenvalue weighted by Crippen LogP contribution is 2.40. The Balaban J connectivity index is 0.000000195. The zero-order chi connectivity index (χ0) is 79.7. The van der Waals surface area contributed by atoms with Gasteiger partial charge in [0.05, 0.1) is 34.3 Å². The molecule has 11 rings (SSSR count). The minimum Gasteiger partial charge on any atom is -0.475 e. The van der Waals surface area contributed by atoms with Gasteiger partial charge in [-0.05, 0) is 212 Å². The highest BCUT2D eigenvalue weighted by Gasteiger charge is 2.38. The van der Waals surface area contributed by atoms with Crippen molar-refractivity contribution < 1.29 is 139 Å². The molecule has 0 aliphatic heterocycles. The number of ketones is 2. The summed E-state index contributed by atoms with van der Waals surface area (Å²) in [5, 5.41) is 13.6. The molecule has 5 heterocycles. The van der Waals surface area contributed by atoms with Crippen molar-refractivity contribution in [3.05, 3.63) is 282 Å². The third-order valence-corrected chi connectivity index (χ3v) is 15.3. The molecule has 6 aromatic carbocycles. The SMILES string of the molecule is CC(=O)c1ccc(-c2ccc(F)c(C(F)(F)F)c2)o1.CC(=O)c1ccc(Br)o1.Cc1c(F)cc([C@@H](C)NC(=O)c2ccc(-c3ccc(F)c(C(F)(F)F)c3)o2)cc1F.Cc1c(F)cc([C@@H](C)NC(=O)c2ccc(-c3ccc(F)c(C(F)(F)F)c3)o2)cc1F.O=C(O)c1ccc(-c2ccc(F)c(C(F)(F)F)c2)o1. The van der Waals surface area contributed by atoms with Gasteiger partial charge in [-0.15, -0.1) is 0 Å². The standard InChI is InChI=1S/2C21H15F6NO2.C13H8F4O2.C12H6F4O3.C6H5BrO2/c2*1-10-16(23)8-13(9-17(10)24)11(2)28-20(29)19-6-5-18(30-19)12-3-4-15(22)14(7-12)21(25,26)27;1-7(18)11-4-5-12(19-11)8-2-3-10(14)9(6-8)13(15,16)17;13-8-2-1-6(5-7(8)12(14,15)16)9-3-4-10(19-9)11(17)18;1-4(8)5-2-3-6(7)9-5/h2*3-9,11H,1-2H3,(H,28,29);2-6H,1H3;1-5H,(H,17,18);2-3H,1H3/t2*11-;;;/m11.../s1. The predicted octanol–water partition coefficient (Wildman–Crippen LogP) is 22.7. The van der Waals surface area contributed by atoms with Crippen molar-refractivity contribution in [2.45, 2.75) is 78.3 Å². The molecular weight excluding hydrogens is 1540 g/mol. The molecule has 13 nitrogen and oxygen atoms in total. The number of carboxylic acids is 1. The molecule has 0 aliphatic carbocycles. The Morgan fingerprint density at radius 1 is 0.346 bits per heavy atom. The van der Waals surface area contributed by atoms with E-state index in [-0.39, 0.29) is 96.4 Å². The van der Waals surface area contributed by atoms with Crippen molar-refractivity contribution in [1.29, 1.82) is 0 Å². The Morgan fingerprint density at radius 2 is 0.589 bits per heavy atom. The zero-order valence-corrected chi connectivity index (χ0v) is 56.7. The summed E-state index contributed by atoms with van der Waals surface area (Å²) in [6, 6.07) is 25.6. The van der Waals surface area contributed by atoms with Gasteiger partial charge >= 0.3 is 30.7 Å². The minimum absolute atomic E-state index is 0.0351. The Hall–Kier alpha value is -11.5. The van der Waals surface area contributed by atoms with Crippen LogP contribution in [0.3, 0.4) is 0 Å². The fourth-order valence-corrected chi connectivity index (χ4v) is 9.45. The Labute approximate surface area is 598 Å². The summed E-state index contributed by atoms with van der Waals surface area (Å²) in [5.74, 6) is -12.5. The number of Topliss-reactive ketones (excluding diaryl/α,β-unsaturated/α-hetero) is 2. The number of hydrogen-bond acceptors (Lipinski definition) is 10. The Morgan fingerprint density at radius 3 is 0.813 bits per heavy atom. The number of carbonyl (C=O) groups excluding carboxylic acids is 4. The lowest BCUT2D eigenvalue weighted by molar-refractivity contribution is -0.140. The molecule has 3 N–H and O–H groups in total. The van der Waals surface area contributed by atoms with Crippen LogP contribution in [0.4, 0.5) is 87.8 Å². The number of aromatic carboxylic acids is 1. The summed E-state index contributed by atoms with van der Waals surface area (Å²) in [6.45, 7) is 8.30. The van der Waals surface area contributed by atoms with Gasteiger partial charge in [-0.2, -0.15) is 52.7 Å². The Kier molecular flexibility index (Phi) is 26.1. The van der Waals surface area contributed by atoms with Crippen LogP contribution in [0.5, 0.6) is 0 Å². The number of benzene rings is 6. The maximum Gasteiger partial charge on any atom is 0.419 e. The van der Waals surface area contributed by atoms with E-state index < -0.39 is 129 Å². The van der Waals surface area contributed by atoms with Crippen LogP contribution >= 0.6 is 15.9 Å². The second-order valence-electron chi connectivity index (χ2n) is 22.6. The summed E-state index contributed by atoms with van der Waals surface area (Å²) >= 11 is 3.08. The first-order chi connectivity index (χ1) is 49.7. The molecule has 564 valence electrons. The van der Waals surface area contributed by atoms with Crippen LogP contribution in [0.25, 0.3) is 45.3 Å². The van der Waals surface area contributed by atoms with Crippen molar-refractivity contribution in [2.24, 2.45) is 0 Å². The van der Waals surface area contributed by atoms with Gasteiger partial charge in [0.2, 0.25) is 5.76 Å². The third kappa shape index (κ3) is 21.6. The molecular formula is C73H49BrF20N2O11. The van der Waals surface area contributed by atoms with E-state index in [2.05, 4.69) is 26.6 Å². The molecule has 0 aliphatic rings. The molecule has 2 atom stereocenters. The molecule has 11 aromatic rings. The summed E-state index contributed by atoms with van der Waals surface area (Å²) in [6.07, 6.45) is -19.4. The lowest BCUT2D eigenvalue weighted by Gasteiger charge is -2.14. The number of halogens is 21.